The number of thioether (sulfide) groups is 1. The molecule has 0 spiro atoms. The van der Waals surface area contributed by atoms with Crippen molar-refractivity contribution < 1.29 is 22.1 Å². The third kappa shape index (κ3) is 4.28. The Morgan fingerprint density at radius 2 is 1.93 bits per heavy atom. The smallest absolute Gasteiger partial charge is 0.258 e. The van der Waals surface area contributed by atoms with Gasteiger partial charge in [0.15, 0.2) is 0 Å². The Balaban J connectivity index is 1.82. The van der Waals surface area contributed by atoms with E-state index in [-0.39, 0.29) is 34.5 Å². The number of hydrogen-bond acceptors (Lipinski definition) is 5. The molecule has 1 unspecified atom stereocenters. The van der Waals surface area contributed by atoms with Gasteiger partial charge in [-0.05, 0) is 30.7 Å². The number of nitrogens with zero attached hydrogens (tertiary/aromatic N) is 2. The molecule has 1 aliphatic rings. The van der Waals surface area contributed by atoms with Crippen molar-refractivity contribution in [3.8, 4) is 0 Å². The summed E-state index contributed by atoms with van der Waals surface area (Å²) in [5, 5.41) is 10.5. The molecule has 1 aliphatic heterocycles. The molecule has 1 atom stereocenters. The van der Waals surface area contributed by atoms with Crippen LogP contribution in [0.3, 0.4) is 0 Å². The second kappa shape index (κ2) is 7.91. The minimum atomic E-state index is -3.92. The van der Waals surface area contributed by atoms with Crippen LogP contribution in [-0.4, -0.2) is 36.5 Å². The van der Waals surface area contributed by atoms with Gasteiger partial charge in [-0.2, -0.15) is 16.1 Å². The number of non-ortho nitro benzene ring substituents is 1. The average molecular weight is 414 g/mol. The van der Waals surface area contributed by atoms with E-state index in [1.54, 1.807) is 0 Å². The van der Waals surface area contributed by atoms with Gasteiger partial charge < -0.3 is 0 Å². The summed E-state index contributed by atoms with van der Waals surface area (Å²) in [5.74, 6) is -0.671. The highest BCUT2D eigenvalue weighted by Crippen LogP contribution is 2.37. The van der Waals surface area contributed by atoms with Crippen LogP contribution in [0.1, 0.15) is 17.2 Å². The molecule has 10 heteroatoms. The minimum Gasteiger partial charge on any atom is -0.258 e. The summed E-state index contributed by atoms with van der Waals surface area (Å²) in [7, 11) is -3.92. The largest absolute Gasteiger partial charge is 0.270 e. The Morgan fingerprint density at radius 3 is 2.67 bits per heavy atom. The molecule has 3 rings (SSSR count). The van der Waals surface area contributed by atoms with Gasteiger partial charge in [0.2, 0.25) is 10.0 Å². The molecule has 0 radical (unpaired) electrons. The lowest BCUT2D eigenvalue weighted by molar-refractivity contribution is -0.385. The van der Waals surface area contributed by atoms with Crippen LogP contribution in [-0.2, 0) is 10.0 Å². The number of sulfonamides is 1. The van der Waals surface area contributed by atoms with Crippen molar-refractivity contribution in [2.24, 2.45) is 0 Å². The predicted molar refractivity (Wildman–Crippen MR) is 98.0 cm³/mol. The van der Waals surface area contributed by atoms with Crippen LogP contribution in [0.25, 0.3) is 0 Å². The van der Waals surface area contributed by atoms with Crippen LogP contribution in [0, 0.1) is 21.7 Å². The molecule has 2 aromatic rings. The molecule has 0 saturated carbocycles. The Hall–Kier alpha value is -2.04. The van der Waals surface area contributed by atoms with Crippen LogP contribution in [0.4, 0.5) is 14.5 Å². The second-order valence-electron chi connectivity index (χ2n) is 5.97. The fourth-order valence-corrected chi connectivity index (χ4v) is 5.76. The number of benzene rings is 2. The van der Waals surface area contributed by atoms with E-state index >= 15 is 0 Å². The number of halogens is 2. The molecule has 0 aromatic heterocycles. The lowest BCUT2D eigenvalue weighted by Gasteiger charge is -2.20. The predicted octanol–water partition coefficient (Wildman–Crippen LogP) is 3.74. The number of nitro benzene ring substituents is 1. The lowest BCUT2D eigenvalue weighted by Crippen LogP contribution is -2.33. The van der Waals surface area contributed by atoms with E-state index in [0.717, 1.165) is 24.3 Å². The molecule has 1 saturated heterocycles. The van der Waals surface area contributed by atoms with Crippen molar-refractivity contribution >= 4 is 27.5 Å². The van der Waals surface area contributed by atoms with Gasteiger partial charge in [0.25, 0.3) is 5.69 Å². The fraction of sp³-hybridized carbons (Fsp3) is 0.294. The SMILES string of the molecule is O=[N+]([O-])c1cccc(S(=O)(=O)N2CCSC(c3cc(F)ccc3F)CC2)c1. The van der Waals surface area contributed by atoms with E-state index in [4.69, 9.17) is 0 Å². The summed E-state index contributed by atoms with van der Waals surface area (Å²) >= 11 is 1.36. The van der Waals surface area contributed by atoms with Gasteiger partial charge in [0.1, 0.15) is 11.6 Å². The first-order chi connectivity index (χ1) is 12.8. The summed E-state index contributed by atoms with van der Waals surface area (Å²) in [5.41, 5.74) is -0.0884. The summed E-state index contributed by atoms with van der Waals surface area (Å²) in [6.07, 6.45) is 0.305. The summed E-state index contributed by atoms with van der Waals surface area (Å²) in [6.45, 7) is 0.293. The summed E-state index contributed by atoms with van der Waals surface area (Å²) in [4.78, 5) is 10.1. The Kier molecular flexibility index (Phi) is 5.78. The monoisotopic (exact) mass is 414 g/mol. The Bertz CT molecular complexity index is 969. The third-order valence-electron chi connectivity index (χ3n) is 4.27. The van der Waals surface area contributed by atoms with E-state index < -0.39 is 26.6 Å². The highest BCUT2D eigenvalue weighted by Gasteiger charge is 2.30. The molecular weight excluding hydrogens is 398 g/mol. The zero-order chi connectivity index (χ0) is 19.6. The van der Waals surface area contributed by atoms with Gasteiger partial charge in [0, 0.05) is 41.8 Å². The first-order valence-electron chi connectivity index (χ1n) is 8.10. The first kappa shape index (κ1) is 19.7. The van der Waals surface area contributed by atoms with Crippen molar-refractivity contribution in [3.05, 3.63) is 69.8 Å². The van der Waals surface area contributed by atoms with Crippen molar-refractivity contribution in [1.82, 2.24) is 4.31 Å². The summed E-state index contributed by atoms with van der Waals surface area (Å²) < 4.78 is 54.4. The molecular formula is C17H16F2N2O4S2. The molecule has 1 fully saturated rings. The number of rotatable bonds is 4. The lowest BCUT2D eigenvalue weighted by atomic mass is 10.1. The van der Waals surface area contributed by atoms with Gasteiger partial charge in [-0.1, -0.05) is 6.07 Å². The van der Waals surface area contributed by atoms with E-state index in [2.05, 4.69) is 0 Å². The topological polar surface area (TPSA) is 80.5 Å². The normalized spacial score (nSPS) is 18.8. The maximum atomic E-state index is 14.0. The molecule has 6 nitrogen and oxygen atoms in total. The Morgan fingerprint density at radius 1 is 1.15 bits per heavy atom. The van der Waals surface area contributed by atoms with Crippen molar-refractivity contribution in [2.45, 2.75) is 16.6 Å². The van der Waals surface area contributed by atoms with E-state index in [0.29, 0.717) is 12.2 Å². The van der Waals surface area contributed by atoms with E-state index in [1.165, 1.54) is 34.3 Å². The van der Waals surface area contributed by atoms with Gasteiger partial charge in [-0.15, -0.1) is 0 Å². The standard InChI is InChI=1S/C17H16F2N2O4S2/c18-12-4-5-16(19)15(10-12)17-6-7-20(8-9-26-17)27(24,25)14-3-1-2-13(11-14)21(22)23/h1-5,10-11,17H,6-9H2. The molecule has 0 aliphatic carbocycles. The minimum absolute atomic E-state index is 0.110. The van der Waals surface area contributed by atoms with Gasteiger partial charge in [0.05, 0.1) is 9.82 Å². The average Bonchev–Trinajstić information content (AvgIpc) is 2.90. The number of nitro groups is 1. The molecule has 0 N–H and O–H groups in total. The van der Waals surface area contributed by atoms with Crippen LogP contribution in [0.2, 0.25) is 0 Å². The maximum Gasteiger partial charge on any atom is 0.270 e. The van der Waals surface area contributed by atoms with Gasteiger partial charge in [-0.3, -0.25) is 10.1 Å². The van der Waals surface area contributed by atoms with Gasteiger partial charge in [-0.25, -0.2) is 17.2 Å². The molecule has 0 amide bonds. The van der Waals surface area contributed by atoms with Crippen molar-refractivity contribution in [2.75, 3.05) is 18.8 Å². The van der Waals surface area contributed by atoms with Crippen molar-refractivity contribution in [3.63, 3.8) is 0 Å². The molecule has 2 aromatic carbocycles. The quantitative estimate of drug-likeness (QED) is 0.562. The zero-order valence-electron chi connectivity index (χ0n) is 14.0. The van der Waals surface area contributed by atoms with Crippen LogP contribution in [0.5, 0.6) is 0 Å². The van der Waals surface area contributed by atoms with Crippen LogP contribution < -0.4 is 0 Å². The first-order valence-corrected chi connectivity index (χ1v) is 10.6. The highest BCUT2D eigenvalue weighted by molar-refractivity contribution is 7.99. The number of hydrogen-bond donors (Lipinski definition) is 0. The second-order valence-corrected chi connectivity index (χ2v) is 9.22. The fourth-order valence-electron chi connectivity index (χ4n) is 2.91. The maximum absolute atomic E-state index is 14.0. The third-order valence-corrected chi connectivity index (χ3v) is 7.48. The van der Waals surface area contributed by atoms with E-state index in [9.17, 15) is 27.3 Å². The molecule has 27 heavy (non-hydrogen) atoms. The van der Waals surface area contributed by atoms with Crippen LogP contribution in [0.15, 0.2) is 47.4 Å². The molecule has 144 valence electrons. The Labute approximate surface area is 159 Å². The van der Waals surface area contributed by atoms with Crippen LogP contribution >= 0.6 is 11.8 Å². The zero-order valence-corrected chi connectivity index (χ0v) is 15.7. The molecule has 0 bridgehead atoms. The molecule has 1 heterocycles. The summed E-state index contributed by atoms with van der Waals surface area (Å²) in [6, 6.07) is 8.12. The van der Waals surface area contributed by atoms with Crippen molar-refractivity contribution in [1.29, 1.82) is 0 Å². The highest BCUT2D eigenvalue weighted by atomic mass is 32.2. The van der Waals surface area contributed by atoms with E-state index in [1.807, 2.05) is 0 Å². The van der Waals surface area contributed by atoms with Gasteiger partial charge >= 0.3 is 0 Å².